The minimum absolute atomic E-state index is 1.16. The highest BCUT2D eigenvalue weighted by molar-refractivity contribution is 6.29. The largest absolute Gasteiger partial charge is 0.316 e. The molecule has 2 heteroatoms. The number of benzene rings is 7. The van der Waals surface area contributed by atoms with E-state index in [1.54, 1.807) is 0 Å². The lowest BCUT2D eigenvalue weighted by Crippen LogP contribution is -1.97. The van der Waals surface area contributed by atoms with E-state index in [1.165, 1.54) is 71.4 Å². The number of aromatic nitrogens is 2. The van der Waals surface area contributed by atoms with Crippen molar-refractivity contribution in [3.05, 3.63) is 158 Å². The lowest BCUT2D eigenvalue weighted by molar-refractivity contribution is 1.13. The van der Waals surface area contributed by atoms with Crippen LogP contribution in [-0.2, 0) is 0 Å². The Morgan fingerprint density at radius 3 is 1.71 bits per heavy atom. The zero-order chi connectivity index (χ0) is 27.6. The monoisotopic (exact) mass is 534 g/mol. The van der Waals surface area contributed by atoms with Gasteiger partial charge < -0.3 is 9.13 Å². The van der Waals surface area contributed by atoms with Crippen molar-refractivity contribution in [1.82, 2.24) is 9.13 Å². The van der Waals surface area contributed by atoms with Crippen LogP contribution < -0.4 is 0 Å². The Labute approximate surface area is 243 Å². The summed E-state index contributed by atoms with van der Waals surface area (Å²) in [6, 6.07) is 55.0. The molecule has 0 aliphatic rings. The van der Waals surface area contributed by atoms with Crippen LogP contribution in [0.15, 0.2) is 158 Å². The molecule has 0 radical (unpaired) electrons. The second-order valence-electron chi connectivity index (χ2n) is 11.0. The van der Waals surface area contributed by atoms with Gasteiger partial charge in [-0.3, -0.25) is 0 Å². The number of hydrogen-bond acceptors (Lipinski definition) is 0. The molecule has 42 heavy (non-hydrogen) atoms. The smallest absolute Gasteiger partial charge is 0.0568 e. The normalized spacial score (nSPS) is 11.8. The zero-order valence-electron chi connectivity index (χ0n) is 22.9. The maximum absolute atomic E-state index is 2.48. The number of nitrogens with zero attached hydrogens (tertiary/aromatic N) is 2. The third kappa shape index (κ3) is 3.39. The predicted molar refractivity (Wildman–Crippen MR) is 177 cm³/mol. The molecule has 0 bridgehead atoms. The Bertz CT molecular complexity index is 2320. The highest BCUT2D eigenvalue weighted by Gasteiger charge is 2.20. The minimum Gasteiger partial charge on any atom is -0.316 e. The summed E-state index contributed by atoms with van der Waals surface area (Å²) in [6.07, 6.45) is 2.20. The van der Waals surface area contributed by atoms with Gasteiger partial charge in [-0.2, -0.15) is 0 Å². The number of para-hydroxylation sites is 1. The third-order valence-electron chi connectivity index (χ3n) is 8.68. The molecule has 0 fully saturated rings. The molecule has 0 atom stereocenters. The van der Waals surface area contributed by atoms with E-state index in [2.05, 4.69) is 167 Å². The van der Waals surface area contributed by atoms with Crippen molar-refractivity contribution in [3.63, 3.8) is 0 Å². The van der Waals surface area contributed by atoms with Gasteiger partial charge in [-0.25, -0.2) is 0 Å². The van der Waals surface area contributed by atoms with E-state index < -0.39 is 0 Å². The van der Waals surface area contributed by atoms with Gasteiger partial charge >= 0.3 is 0 Å². The van der Waals surface area contributed by atoms with Crippen molar-refractivity contribution < 1.29 is 0 Å². The number of fused-ring (bicyclic) bond motifs is 2. The third-order valence-corrected chi connectivity index (χ3v) is 8.68. The zero-order valence-corrected chi connectivity index (χ0v) is 22.9. The lowest BCUT2D eigenvalue weighted by Gasteiger charge is -2.14. The molecule has 0 aliphatic heterocycles. The molecule has 0 aliphatic carbocycles. The Morgan fingerprint density at radius 1 is 0.357 bits per heavy atom. The molecular formula is C40H26N2. The van der Waals surface area contributed by atoms with E-state index in [0.29, 0.717) is 0 Å². The number of rotatable bonds is 4. The van der Waals surface area contributed by atoms with Gasteiger partial charge in [0.05, 0.1) is 16.6 Å². The quantitative estimate of drug-likeness (QED) is 0.199. The van der Waals surface area contributed by atoms with Crippen molar-refractivity contribution >= 4 is 43.5 Å². The molecule has 2 heterocycles. The summed E-state index contributed by atoms with van der Waals surface area (Å²) in [7, 11) is 0. The van der Waals surface area contributed by atoms with Crippen LogP contribution in [0.2, 0.25) is 0 Å². The Balaban J connectivity index is 1.42. The van der Waals surface area contributed by atoms with E-state index in [-0.39, 0.29) is 0 Å². The van der Waals surface area contributed by atoms with Gasteiger partial charge in [0, 0.05) is 33.7 Å². The minimum atomic E-state index is 1.16. The van der Waals surface area contributed by atoms with Crippen molar-refractivity contribution in [1.29, 1.82) is 0 Å². The van der Waals surface area contributed by atoms with Gasteiger partial charge in [0.1, 0.15) is 0 Å². The van der Waals surface area contributed by atoms with E-state index in [9.17, 15) is 0 Å². The van der Waals surface area contributed by atoms with Gasteiger partial charge in [-0.05, 0) is 81.6 Å². The summed E-state index contributed by atoms with van der Waals surface area (Å²) >= 11 is 0. The first kappa shape index (κ1) is 23.1. The first-order chi connectivity index (χ1) is 20.8. The summed E-state index contributed by atoms with van der Waals surface area (Å²) in [6.45, 7) is 0. The highest BCUT2D eigenvalue weighted by atomic mass is 15.0. The average Bonchev–Trinajstić information content (AvgIpc) is 3.64. The molecule has 9 aromatic rings. The van der Waals surface area contributed by atoms with Crippen LogP contribution in [0.5, 0.6) is 0 Å². The van der Waals surface area contributed by atoms with Crippen LogP contribution in [0, 0.1) is 0 Å². The Kier molecular flexibility index (Phi) is 4.93. The molecule has 2 aromatic heterocycles. The fourth-order valence-corrected chi connectivity index (χ4v) is 6.79. The van der Waals surface area contributed by atoms with E-state index in [0.717, 1.165) is 5.69 Å². The standard InChI is InChI=1S/C40H26N2/c1-4-11-27(12-5-1)30-23-31(28-13-6-2-7-14-28)25-33(24-30)42-36-18-10-15-29-19-20-35-34-21-22-41(32-16-8-3-9-17-32)37(34)26-38(42)40(35)39(29)36/h1-26H. The fourth-order valence-electron chi connectivity index (χ4n) is 6.79. The summed E-state index contributed by atoms with van der Waals surface area (Å²) in [5, 5.41) is 6.49. The maximum Gasteiger partial charge on any atom is 0.0568 e. The van der Waals surface area contributed by atoms with Gasteiger partial charge in [-0.15, -0.1) is 0 Å². The van der Waals surface area contributed by atoms with Crippen molar-refractivity contribution in [2.45, 2.75) is 0 Å². The predicted octanol–water partition coefficient (Wildman–Crippen LogP) is 10.7. The SMILES string of the molecule is c1ccc(-c2cc(-c3ccccc3)cc(-n3c4cccc5ccc6c7ccn(-c8ccccc8)c7cc3c6c54)c2)cc1. The van der Waals surface area contributed by atoms with E-state index >= 15 is 0 Å². The van der Waals surface area contributed by atoms with Crippen LogP contribution >= 0.6 is 0 Å². The molecular weight excluding hydrogens is 508 g/mol. The van der Waals surface area contributed by atoms with Gasteiger partial charge in [0.25, 0.3) is 0 Å². The molecule has 0 N–H and O–H groups in total. The molecule has 2 nitrogen and oxygen atoms in total. The van der Waals surface area contributed by atoms with Crippen molar-refractivity contribution in [2.75, 3.05) is 0 Å². The van der Waals surface area contributed by atoms with E-state index in [1.807, 2.05) is 0 Å². The topological polar surface area (TPSA) is 9.86 Å². The molecule has 9 rings (SSSR count). The van der Waals surface area contributed by atoms with Crippen LogP contribution in [0.25, 0.3) is 77.1 Å². The van der Waals surface area contributed by atoms with E-state index in [4.69, 9.17) is 0 Å². The van der Waals surface area contributed by atoms with Crippen molar-refractivity contribution in [3.8, 4) is 33.6 Å². The summed E-state index contributed by atoms with van der Waals surface area (Å²) < 4.78 is 4.79. The number of hydrogen-bond donors (Lipinski definition) is 0. The fraction of sp³-hybridized carbons (Fsp3) is 0. The second-order valence-corrected chi connectivity index (χ2v) is 11.0. The Hall–Kier alpha value is -5.60. The van der Waals surface area contributed by atoms with Crippen LogP contribution in [0.1, 0.15) is 0 Å². The van der Waals surface area contributed by atoms with Gasteiger partial charge in [0.2, 0.25) is 0 Å². The summed E-state index contributed by atoms with van der Waals surface area (Å²) in [5.41, 5.74) is 10.8. The van der Waals surface area contributed by atoms with Crippen molar-refractivity contribution in [2.24, 2.45) is 0 Å². The van der Waals surface area contributed by atoms with Gasteiger partial charge in [0.15, 0.2) is 0 Å². The highest BCUT2D eigenvalue weighted by Crippen LogP contribution is 2.43. The first-order valence-corrected chi connectivity index (χ1v) is 14.4. The van der Waals surface area contributed by atoms with Gasteiger partial charge in [-0.1, -0.05) is 103 Å². The summed E-state index contributed by atoms with van der Waals surface area (Å²) in [4.78, 5) is 0. The lowest BCUT2D eigenvalue weighted by atomic mass is 9.98. The molecule has 0 saturated carbocycles. The molecule has 7 aromatic carbocycles. The first-order valence-electron chi connectivity index (χ1n) is 14.4. The molecule has 0 amide bonds. The van der Waals surface area contributed by atoms with Crippen LogP contribution in [0.4, 0.5) is 0 Å². The summed E-state index contributed by atoms with van der Waals surface area (Å²) in [5.74, 6) is 0. The van der Waals surface area contributed by atoms with Crippen LogP contribution in [0.3, 0.4) is 0 Å². The maximum atomic E-state index is 2.48. The average molecular weight is 535 g/mol. The second kappa shape index (κ2) is 8.95. The molecule has 0 spiro atoms. The molecule has 196 valence electrons. The van der Waals surface area contributed by atoms with Crippen LogP contribution in [-0.4, -0.2) is 9.13 Å². The molecule has 0 unspecified atom stereocenters. The molecule has 0 saturated heterocycles. The Morgan fingerprint density at radius 2 is 1.02 bits per heavy atom.